The molecule has 1 atom stereocenters. The van der Waals surface area contributed by atoms with Crippen LogP contribution >= 0.6 is 27.3 Å². The molecule has 0 bridgehead atoms. The van der Waals surface area contributed by atoms with Crippen molar-refractivity contribution in [1.29, 1.82) is 5.26 Å². The average Bonchev–Trinajstić information content (AvgIpc) is 2.57. The number of nitrogens with two attached hydrogens (primary N) is 1. The zero-order valence-electron chi connectivity index (χ0n) is 8.19. The third-order valence-electron chi connectivity index (χ3n) is 2.67. The summed E-state index contributed by atoms with van der Waals surface area (Å²) in [6.45, 7) is 2.62. The number of nitrogens with zero attached hydrogens (tertiary/aromatic N) is 2. The van der Waals surface area contributed by atoms with Crippen molar-refractivity contribution in [3.05, 3.63) is 20.8 Å². The predicted molar refractivity (Wildman–Crippen MR) is 64.5 cm³/mol. The molecule has 0 aliphatic carbocycles. The molecule has 1 aromatic rings. The molecule has 3 nitrogen and oxygen atoms in total. The highest BCUT2D eigenvalue weighted by Gasteiger charge is 2.32. The monoisotopic (exact) mass is 285 g/mol. The van der Waals surface area contributed by atoms with Crippen LogP contribution in [0.1, 0.15) is 10.9 Å². The molecule has 0 saturated carbocycles. The first-order chi connectivity index (χ1) is 7.24. The van der Waals surface area contributed by atoms with Crippen molar-refractivity contribution < 1.29 is 0 Å². The first-order valence-electron chi connectivity index (χ1n) is 4.83. The standard InChI is InChI=1S/C10H12BrN3S/c11-10-2-1-9(15-10)8(4-13)14-5-7(3-12)6-14/h1-2,7-8H,3,5-6,12H2. The fraction of sp³-hybridized carbons (Fsp3) is 0.500. The van der Waals surface area contributed by atoms with Gasteiger partial charge >= 0.3 is 0 Å². The number of rotatable bonds is 3. The maximum absolute atomic E-state index is 9.15. The third-order valence-corrected chi connectivity index (χ3v) is 4.35. The van der Waals surface area contributed by atoms with E-state index in [1.165, 1.54) is 0 Å². The first kappa shape index (κ1) is 11.1. The van der Waals surface area contributed by atoms with E-state index in [0.29, 0.717) is 5.92 Å². The quantitative estimate of drug-likeness (QED) is 0.924. The van der Waals surface area contributed by atoms with Crippen LogP contribution in [0.25, 0.3) is 0 Å². The van der Waals surface area contributed by atoms with E-state index < -0.39 is 0 Å². The molecule has 0 spiro atoms. The van der Waals surface area contributed by atoms with Crippen molar-refractivity contribution in [3.63, 3.8) is 0 Å². The molecule has 0 aromatic carbocycles. The highest BCUT2D eigenvalue weighted by molar-refractivity contribution is 9.11. The fourth-order valence-corrected chi connectivity index (χ4v) is 3.27. The molecule has 5 heteroatoms. The Labute approximate surface area is 102 Å². The predicted octanol–water partition coefficient (Wildman–Crippen LogP) is 1.97. The van der Waals surface area contributed by atoms with E-state index in [4.69, 9.17) is 11.0 Å². The van der Waals surface area contributed by atoms with Crippen LogP contribution in [0.5, 0.6) is 0 Å². The van der Waals surface area contributed by atoms with Crippen LogP contribution in [0.2, 0.25) is 0 Å². The Balaban J connectivity index is 2.04. The van der Waals surface area contributed by atoms with Crippen LogP contribution in [-0.2, 0) is 0 Å². The SMILES string of the molecule is N#CC(c1ccc(Br)s1)N1CC(CN)C1. The van der Waals surface area contributed by atoms with E-state index in [2.05, 4.69) is 26.9 Å². The summed E-state index contributed by atoms with van der Waals surface area (Å²) in [6.07, 6.45) is 0. The summed E-state index contributed by atoms with van der Waals surface area (Å²) < 4.78 is 1.08. The van der Waals surface area contributed by atoms with Gasteiger partial charge in [0.15, 0.2) is 0 Å². The van der Waals surface area contributed by atoms with Crippen molar-refractivity contribution in [2.24, 2.45) is 11.7 Å². The van der Waals surface area contributed by atoms with Gasteiger partial charge in [-0.1, -0.05) is 0 Å². The molecule has 80 valence electrons. The second kappa shape index (κ2) is 4.62. The molecule has 15 heavy (non-hydrogen) atoms. The van der Waals surface area contributed by atoms with E-state index in [1.807, 2.05) is 12.1 Å². The topological polar surface area (TPSA) is 53.0 Å². The van der Waals surface area contributed by atoms with Gasteiger partial charge in [-0.3, -0.25) is 4.90 Å². The van der Waals surface area contributed by atoms with Gasteiger partial charge in [0.2, 0.25) is 0 Å². The molecule has 1 fully saturated rings. The van der Waals surface area contributed by atoms with Crippen molar-refractivity contribution >= 4 is 27.3 Å². The van der Waals surface area contributed by atoms with Gasteiger partial charge in [0, 0.05) is 18.0 Å². The van der Waals surface area contributed by atoms with E-state index in [9.17, 15) is 0 Å². The van der Waals surface area contributed by atoms with Gasteiger partial charge in [0.25, 0.3) is 0 Å². The van der Waals surface area contributed by atoms with Crippen LogP contribution in [0, 0.1) is 17.2 Å². The summed E-state index contributed by atoms with van der Waals surface area (Å²) in [5.41, 5.74) is 5.57. The van der Waals surface area contributed by atoms with Gasteiger partial charge in [-0.2, -0.15) is 5.26 Å². The lowest BCUT2D eigenvalue weighted by Crippen LogP contribution is -2.50. The summed E-state index contributed by atoms with van der Waals surface area (Å²) >= 11 is 5.04. The minimum Gasteiger partial charge on any atom is -0.330 e. The van der Waals surface area contributed by atoms with Gasteiger partial charge in [0.05, 0.1) is 9.86 Å². The molecule has 1 saturated heterocycles. The van der Waals surface area contributed by atoms with Crippen LogP contribution in [0.15, 0.2) is 15.9 Å². The van der Waals surface area contributed by atoms with Crippen LogP contribution in [-0.4, -0.2) is 24.5 Å². The van der Waals surface area contributed by atoms with Gasteiger partial charge in [0.1, 0.15) is 6.04 Å². The van der Waals surface area contributed by atoms with E-state index >= 15 is 0 Å². The second-order valence-corrected chi connectivity index (χ2v) is 6.22. The summed E-state index contributed by atoms with van der Waals surface area (Å²) in [4.78, 5) is 3.29. The molecule has 2 rings (SSSR count). The lowest BCUT2D eigenvalue weighted by molar-refractivity contribution is 0.0812. The zero-order valence-corrected chi connectivity index (χ0v) is 10.6. The second-order valence-electron chi connectivity index (χ2n) is 3.73. The lowest BCUT2D eigenvalue weighted by atomic mass is 9.98. The van der Waals surface area contributed by atoms with Gasteiger partial charge in [-0.15, -0.1) is 11.3 Å². The maximum atomic E-state index is 9.15. The molecule has 0 amide bonds. The third kappa shape index (κ3) is 2.23. The number of halogens is 1. The summed E-state index contributed by atoms with van der Waals surface area (Å²) in [5, 5.41) is 9.15. The molecule has 0 radical (unpaired) electrons. The molecule has 1 aliphatic rings. The molecular weight excluding hydrogens is 274 g/mol. The fourth-order valence-electron chi connectivity index (χ4n) is 1.77. The Morgan fingerprint density at radius 1 is 1.67 bits per heavy atom. The van der Waals surface area contributed by atoms with E-state index in [1.54, 1.807) is 11.3 Å². The van der Waals surface area contributed by atoms with E-state index in [0.717, 1.165) is 28.3 Å². The highest BCUT2D eigenvalue weighted by Crippen LogP contribution is 2.33. The van der Waals surface area contributed by atoms with Crippen molar-refractivity contribution in [2.45, 2.75) is 6.04 Å². The Morgan fingerprint density at radius 3 is 2.87 bits per heavy atom. The Bertz CT molecular complexity index is 378. The smallest absolute Gasteiger partial charge is 0.133 e. The van der Waals surface area contributed by atoms with Gasteiger partial charge < -0.3 is 5.73 Å². The zero-order chi connectivity index (χ0) is 10.8. The van der Waals surface area contributed by atoms with Crippen LogP contribution in [0.3, 0.4) is 0 Å². The molecule has 2 heterocycles. The molecule has 1 aromatic heterocycles. The van der Waals surface area contributed by atoms with Crippen molar-refractivity contribution in [3.8, 4) is 6.07 Å². The highest BCUT2D eigenvalue weighted by atomic mass is 79.9. The largest absolute Gasteiger partial charge is 0.330 e. The Hall–Kier alpha value is -0.410. The number of likely N-dealkylation sites (tertiary alicyclic amines) is 1. The normalized spacial score (nSPS) is 19.5. The number of thiophene rings is 1. The maximum Gasteiger partial charge on any atom is 0.133 e. The molecule has 2 N–H and O–H groups in total. The van der Waals surface area contributed by atoms with Crippen molar-refractivity contribution in [2.75, 3.05) is 19.6 Å². The van der Waals surface area contributed by atoms with Crippen molar-refractivity contribution in [1.82, 2.24) is 4.90 Å². The Morgan fingerprint density at radius 2 is 2.40 bits per heavy atom. The molecule has 1 unspecified atom stereocenters. The van der Waals surface area contributed by atoms with Crippen LogP contribution < -0.4 is 5.73 Å². The minimum atomic E-state index is -0.0934. The van der Waals surface area contributed by atoms with E-state index in [-0.39, 0.29) is 6.04 Å². The number of hydrogen-bond acceptors (Lipinski definition) is 4. The molecular formula is C10H12BrN3S. The Kier molecular flexibility index (Phi) is 3.42. The van der Waals surface area contributed by atoms with Crippen LogP contribution in [0.4, 0.5) is 0 Å². The molecule has 1 aliphatic heterocycles. The number of nitriles is 1. The lowest BCUT2D eigenvalue weighted by Gasteiger charge is -2.41. The minimum absolute atomic E-state index is 0.0934. The summed E-state index contributed by atoms with van der Waals surface area (Å²) in [7, 11) is 0. The summed E-state index contributed by atoms with van der Waals surface area (Å²) in [6, 6.07) is 6.26. The van der Waals surface area contributed by atoms with Gasteiger partial charge in [-0.05, 0) is 40.5 Å². The summed E-state index contributed by atoms with van der Waals surface area (Å²) in [5.74, 6) is 0.573. The first-order valence-corrected chi connectivity index (χ1v) is 6.44. The average molecular weight is 286 g/mol. The van der Waals surface area contributed by atoms with Gasteiger partial charge in [-0.25, -0.2) is 0 Å². The number of hydrogen-bond donors (Lipinski definition) is 1.